The average Bonchev–Trinajstić information content (AvgIpc) is 2.67. The van der Waals surface area contributed by atoms with Crippen LogP contribution in [0.2, 0.25) is 15.1 Å². The summed E-state index contributed by atoms with van der Waals surface area (Å²) in [6, 6.07) is 10.6. The van der Waals surface area contributed by atoms with Gasteiger partial charge in [0.05, 0.1) is 28.3 Å². The molecular weight excluding hydrogens is 411 g/mol. The Morgan fingerprint density at radius 1 is 1.07 bits per heavy atom. The summed E-state index contributed by atoms with van der Waals surface area (Å²) in [5, 5.41) is 3.75. The SMILES string of the molecule is CC(Oc1cc(Cl)c(Cl)cc1Cl)C(=O)Nc1ccc(N2CCOCC2)cc1. The third-order valence-electron chi connectivity index (χ3n) is 4.16. The maximum absolute atomic E-state index is 12.4. The maximum atomic E-state index is 12.4. The number of ether oxygens (including phenoxy) is 2. The Hall–Kier alpha value is -1.66. The Labute approximate surface area is 173 Å². The van der Waals surface area contributed by atoms with E-state index in [1.807, 2.05) is 24.3 Å². The van der Waals surface area contributed by atoms with Gasteiger partial charge < -0.3 is 19.7 Å². The fourth-order valence-corrected chi connectivity index (χ4v) is 3.24. The largest absolute Gasteiger partial charge is 0.479 e. The molecule has 0 aromatic heterocycles. The summed E-state index contributed by atoms with van der Waals surface area (Å²) in [6.45, 7) is 4.81. The molecule has 2 aromatic rings. The van der Waals surface area contributed by atoms with Gasteiger partial charge in [-0.3, -0.25) is 4.79 Å². The molecule has 1 unspecified atom stereocenters. The standard InChI is InChI=1S/C19H19Cl3N2O3/c1-12(27-18-11-16(21)15(20)10-17(18)22)19(25)23-13-2-4-14(5-3-13)24-6-8-26-9-7-24/h2-5,10-12H,6-9H2,1H3,(H,23,25). The zero-order chi connectivity index (χ0) is 19.4. The smallest absolute Gasteiger partial charge is 0.265 e. The Kier molecular flexibility index (Phi) is 6.71. The van der Waals surface area contributed by atoms with Crippen molar-refractivity contribution in [2.45, 2.75) is 13.0 Å². The van der Waals surface area contributed by atoms with Crippen molar-refractivity contribution in [2.24, 2.45) is 0 Å². The molecule has 144 valence electrons. The predicted molar refractivity (Wildman–Crippen MR) is 110 cm³/mol. The van der Waals surface area contributed by atoms with E-state index in [0.717, 1.165) is 32.0 Å². The topological polar surface area (TPSA) is 50.8 Å². The number of halogens is 3. The van der Waals surface area contributed by atoms with Gasteiger partial charge in [0.25, 0.3) is 5.91 Å². The molecule has 0 spiro atoms. The van der Waals surface area contributed by atoms with Crippen molar-refractivity contribution in [1.82, 2.24) is 0 Å². The van der Waals surface area contributed by atoms with E-state index in [-0.39, 0.29) is 5.91 Å². The summed E-state index contributed by atoms with van der Waals surface area (Å²) in [6.07, 6.45) is -0.765. The van der Waals surface area contributed by atoms with Gasteiger partial charge in [-0.15, -0.1) is 0 Å². The monoisotopic (exact) mass is 428 g/mol. The normalized spacial score (nSPS) is 15.3. The summed E-state index contributed by atoms with van der Waals surface area (Å²) >= 11 is 18.0. The van der Waals surface area contributed by atoms with Crippen molar-refractivity contribution in [3.05, 3.63) is 51.5 Å². The fraction of sp³-hybridized carbons (Fsp3) is 0.316. The molecule has 1 heterocycles. The number of nitrogens with one attached hydrogen (secondary N) is 1. The van der Waals surface area contributed by atoms with E-state index >= 15 is 0 Å². The van der Waals surface area contributed by atoms with Gasteiger partial charge in [0.2, 0.25) is 0 Å². The van der Waals surface area contributed by atoms with Crippen LogP contribution in [0.3, 0.4) is 0 Å². The fourth-order valence-electron chi connectivity index (χ4n) is 2.66. The van der Waals surface area contributed by atoms with E-state index < -0.39 is 6.10 Å². The van der Waals surface area contributed by atoms with Crippen LogP contribution in [0.4, 0.5) is 11.4 Å². The van der Waals surface area contributed by atoms with Crippen LogP contribution >= 0.6 is 34.8 Å². The summed E-state index contributed by atoms with van der Waals surface area (Å²) < 4.78 is 11.0. The zero-order valence-electron chi connectivity index (χ0n) is 14.7. The van der Waals surface area contributed by atoms with Crippen molar-refractivity contribution in [2.75, 3.05) is 36.5 Å². The number of rotatable bonds is 5. The molecule has 1 aliphatic heterocycles. The molecule has 27 heavy (non-hydrogen) atoms. The Balaban J connectivity index is 1.60. The molecule has 1 N–H and O–H groups in total. The van der Waals surface area contributed by atoms with Gasteiger partial charge in [-0.1, -0.05) is 34.8 Å². The third-order valence-corrected chi connectivity index (χ3v) is 5.18. The van der Waals surface area contributed by atoms with E-state index in [4.69, 9.17) is 44.3 Å². The number of benzene rings is 2. The molecule has 5 nitrogen and oxygen atoms in total. The van der Waals surface area contributed by atoms with Crippen molar-refractivity contribution >= 4 is 52.1 Å². The first-order chi connectivity index (χ1) is 12.9. The molecule has 0 bridgehead atoms. The second kappa shape index (κ2) is 9.02. The third kappa shape index (κ3) is 5.20. The first-order valence-electron chi connectivity index (χ1n) is 8.49. The van der Waals surface area contributed by atoms with Gasteiger partial charge in [-0.2, -0.15) is 0 Å². The van der Waals surface area contributed by atoms with Crippen molar-refractivity contribution < 1.29 is 14.3 Å². The molecule has 0 aliphatic carbocycles. The molecule has 0 radical (unpaired) electrons. The van der Waals surface area contributed by atoms with Crippen LogP contribution in [-0.4, -0.2) is 38.3 Å². The molecule has 3 rings (SSSR count). The molecule has 0 saturated carbocycles. The molecule has 2 aromatic carbocycles. The predicted octanol–water partition coefficient (Wildman–Crippen LogP) is 4.89. The van der Waals surface area contributed by atoms with E-state index in [1.54, 1.807) is 6.92 Å². The van der Waals surface area contributed by atoms with Crippen molar-refractivity contribution in [3.63, 3.8) is 0 Å². The van der Waals surface area contributed by atoms with E-state index in [2.05, 4.69) is 10.2 Å². The van der Waals surface area contributed by atoms with E-state index in [1.165, 1.54) is 12.1 Å². The van der Waals surface area contributed by atoms with Gasteiger partial charge in [-0.05, 0) is 37.3 Å². The van der Waals surface area contributed by atoms with Crippen LogP contribution in [0.5, 0.6) is 5.75 Å². The Morgan fingerprint density at radius 3 is 2.37 bits per heavy atom. The molecule has 1 atom stereocenters. The minimum atomic E-state index is -0.765. The quantitative estimate of drug-likeness (QED) is 0.688. The Morgan fingerprint density at radius 2 is 1.70 bits per heavy atom. The van der Waals surface area contributed by atoms with E-state index in [9.17, 15) is 4.79 Å². The number of anilines is 2. The molecule has 1 fully saturated rings. The Bertz CT molecular complexity index is 809. The van der Waals surface area contributed by atoms with Crippen LogP contribution in [0.15, 0.2) is 36.4 Å². The van der Waals surface area contributed by atoms with Crippen LogP contribution in [-0.2, 0) is 9.53 Å². The lowest BCUT2D eigenvalue weighted by Crippen LogP contribution is -2.36. The summed E-state index contributed by atoms with van der Waals surface area (Å²) in [5.41, 5.74) is 1.79. The first kappa shape index (κ1) is 20.1. The van der Waals surface area contributed by atoms with Crippen molar-refractivity contribution in [3.8, 4) is 5.75 Å². The first-order valence-corrected chi connectivity index (χ1v) is 9.62. The lowest BCUT2D eigenvalue weighted by Gasteiger charge is -2.29. The molecule has 1 amide bonds. The number of nitrogens with zero attached hydrogens (tertiary/aromatic N) is 1. The van der Waals surface area contributed by atoms with E-state index in [0.29, 0.717) is 26.5 Å². The highest BCUT2D eigenvalue weighted by Crippen LogP contribution is 2.34. The van der Waals surface area contributed by atoms with Gasteiger partial charge in [0, 0.05) is 30.5 Å². The minimum Gasteiger partial charge on any atom is -0.479 e. The van der Waals surface area contributed by atoms with Crippen LogP contribution in [0.25, 0.3) is 0 Å². The highest BCUT2D eigenvalue weighted by Gasteiger charge is 2.18. The molecule has 8 heteroatoms. The number of hydrogen-bond donors (Lipinski definition) is 1. The van der Waals surface area contributed by atoms with Gasteiger partial charge in [-0.25, -0.2) is 0 Å². The molecular formula is C19H19Cl3N2O3. The zero-order valence-corrected chi connectivity index (χ0v) is 16.9. The number of hydrogen-bond acceptors (Lipinski definition) is 4. The minimum absolute atomic E-state index is 0.291. The van der Waals surface area contributed by atoms with Gasteiger partial charge in [0.1, 0.15) is 5.75 Å². The summed E-state index contributed by atoms with van der Waals surface area (Å²) in [7, 11) is 0. The highest BCUT2D eigenvalue weighted by atomic mass is 35.5. The molecule has 1 aliphatic rings. The second-order valence-electron chi connectivity index (χ2n) is 6.09. The number of morpholine rings is 1. The van der Waals surface area contributed by atoms with Crippen molar-refractivity contribution in [1.29, 1.82) is 0 Å². The lowest BCUT2D eigenvalue weighted by atomic mass is 10.2. The van der Waals surface area contributed by atoms with Crippen LogP contribution < -0.4 is 15.0 Å². The summed E-state index contributed by atoms with van der Waals surface area (Å²) in [4.78, 5) is 14.6. The number of carbonyl (C=O) groups excluding carboxylic acids is 1. The van der Waals surface area contributed by atoms with Crippen LogP contribution in [0.1, 0.15) is 6.92 Å². The highest BCUT2D eigenvalue weighted by molar-refractivity contribution is 6.43. The number of amides is 1. The average molecular weight is 430 g/mol. The van der Waals surface area contributed by atoms with Gasteiger partial charge >= 0.3 is 0 Å². The second-order valence-corrected chi connectivity index (χ2v) is 7.31. The van der Waals surface area contributed by atoms with Crippen LogP contribution in [0, 0.1) is 0 Å². The van der Waals surface area contributed by atoms with Gasteiger partial charge in [0.15, 0.2) is 6.10 Å². The molecule has 1 saturated heterocycles. The maximum Gasteiger partial charge on any atom is 0.265 e. The lowest BCUT2D eigenvalue weighted by molar-refractivity contribution is -0.122. The number of carbonyl (C=O) groups is 1. The summed E-state index contributed by atoms with van der Waals surface area (Å²) in [5.74, 6) is 0.00708.